The Kier molecular flexibility index (Phi) is 3.18. The predicted octanol–water partition coefficient (Wildman–Crippen LogP) is 1.60. The number of oxazole rings is 1. The van der Waals surface area contributed by atoms with Gasteiger partial charge < -0.3 is 15.1 Å². The molecule has 1 aromatic heterocycles. The van der Waals surface area contributed by atoms with E-state index in [-0.39, 0.29) is 11.7 Å². The van der Waals surface area contributed by atoms with Crippen molar-refractivity contribution in [3.8, 4) is 0 Å². The second-order valence-corrected chi connectivity index (χ2v) is 6.17. The molecule has 118 valence electrons. The van der Waals surface area contributed by atoms with Crippen LogP contribution in [0.1, 0.15) is 46.1 Å². The minimum absolute atomic E-state index is 0.248. The van der Waals surface area contributed by atoms with Gasteiger partial charge in [0.05, 0.1) is 5.69 Å². The van der Waals surface area contributed by atoms with Gasteiger partial charge in [0.15, 0.2) is 6.39 Å². The summed E-state index contributed by atoms with van der Waals surface area (Å²) in [5.74, 6) is -0.252. The van der Waals surface area contributed by atoms with E-state index in [1.807, 2.05) is 24.3 Å². The molecule has 1 atom stereocenters. The van der Waals surface area contributed by atoms with E-state index >= 15 is 0 Å². The number of nitrogens with zero attached hydrogens (tertiary/aromatic N) is 2. The van der Waals surface area contributed by atoms with Gasteiger partial charge in [-0.05, 0) is 24.0 Å². The first kappa shape index (κ1) is 14.0. The predicted molar refractivity (Wildman–Crippen MR) is 81.5 cm³/mol. The van der Waals surface area contributed by atoms with Crippen LogP contribution >= 0.6 is 0 Å². The number of primary amides is 1. The Hall–Kier alpha value is -2.63. The van der Waals surface area contributed by atoms with Gasteiger partial charge in [-0.1, -0.05) is 24.3 Å². The maximum atomic E-state index is 12.9. The van der Waals surface area contributed by atoms with Crippen LogP contribution in [0.2, 0.25) is 0 Å². The van der Waals surface area contributed by atoms with Crippen LogP contribution in [0.5, 0.6) is 0 Å². The molecule has 2 N–H and O–H groups in total. The molecule has 1 fully saturated rings. The third-order valence-electron chi connectivity index (χ3n) is 4.59. The summed E-state index contributed by atoms with van der Waals surface area (Å²) in [6.07, 6.45) is 3.78. The first-order valence-corrected chi connectivity index (χ1v) is 7.75. The summed E-state index contributed by atoms with van der Waals surface area (Å²) in [4.78, 5) is 30.5. The molecule has 2 amide bonds. The quantitative estimate of drug-likeness (QED) is 0.932. The number of amides is 2. The van der Waals surface area contributed by atoms with E-state index in [9.17, 15) is 9.59 Å². The van der Waals surface area contributed by atoms with Crippen LogP contribution in [-0.4, -0.2) is 27.7 Å². The molecule has 23 heavy (non-hydrogen) atoms. The summed E-state index contributed by atoms with van der Waals surface area (Å²) < 4.78 is 5.34. The standard InChI is InChI=1S/C17H17N3O3/c18-16(21)13-7-11-3-1-2-4-12(11)8-20(13)17(22)15-14(10-5-6-10)19-9-23-15/h1-4,9-10,13H,5-8H2,(H2,18,21)/t13-/m0/s1. The highest BCUT2D eigenvalue weighted by molar-refractivity contribution is 5.96. The van der Waals surface area contributed by atoms with Crippen molar-refractivity contribution in [1.82, 2.24) is 9.88 Å². The van der Waals surface area contributed by atoms with Crippen LogP contribution < -0.4 is 5.73 Å². The van der Waals surface area contributed by atoms with Crippen molar-refractivity contribution in [2.75, 3.05) is 0 Å². The smallest absolute Gasteiger partial charge is 0.292 e. The highest BCUT2D eigenvalue weighted by atomic mass is 16.3. The number of benzene rings is 1. The molecule has 0 bridgehead atoms. The minimum Gasteiger partial charge on any atom is -0.438 e. The zero-order valence-electron chi connectivity index (χ0n) is 12.6. The first-order chi connectivity index (χ1) is 11.1. The highest BCUT2D eigenvalue weighted by Gasteiger charge is 2.38. The van der Waals surface area contributed by atoms with Crippen molar-refractivity contribution >= 4 is 11.8 Å². The number of carbonyl (C=O) groups excluding carboxylic acids is 2. The van der Waals surface area contributed by atoms with Crippen molar-refractivity contribution in [2.45, 2.75) is 37.8 Å². The third-order valence-corrected chi connectivity index (χ3v) is 4.59. The van der Waals surface area contributed by atoms with Crippen LogP contribution in [0.4, 0.5) is 0 Å². The van der Waals surface area contributed by atoms with Crippen molar-refractivity contribution in [3.05, 3.63) is 53.2 Å². The lowest BCUT2D eigenvalue weighted by Gasteiger charge is -2.34. The summed E-state index contributed by atoms with van der Waals surface area (Å²) >= 11 is 0. The van der Waals surface area contributed by atoms with E-state index < -0.39 is 11.9 Å². The zero-order chi connectivity index (χ0) is 16.0. The Morgan fingerprint density at radius 1 is 1.22 bits per heavy atom. The molecular formula is C17H17N3O3. The number of fused-ring (bicyclic) bond motifs is 1. The fourth-order valence-electron chi connectivity index (χ4n) is 3.18. The number of aromatic nitrogens is 1. The van der Waals surface area contributed by atoms with Crippen molar-refractivity contribution < 1.29 is 14.0 Å². The number of hydrogen-bond donors (Lipinski definition) is 1. The van der Waals surface area contributed by atoms with Gasteiger partial charge in [-0.25, -0.2) is 4.98 Å². The van der Waals surface area contributed by atoms with E-state index in [0.717, 1.165) is 24.0 Å². The highest BCUT2D eigenvalue weighted by Crippen LogP contribution is 2.41. The molecule has 1 aliphatic carbocycles. The van der Waals surface area contributed by atoms with Crippen LogP contribution in [-0.2, 0) is 17.8 Å². The molecule has 2 heterocycles. The molecule has 0 radical (unpaired) electrons. The summed E-state index contributed by atoms with van der Waals surface area (Å²) in [5, 5.41) is 0. The van der Waals surface area contributed by atoms with Crippen molar-refractivity contribution in [1.29, 1.82) is 0 Å². The van der Waals surface area contributed by atoms with E-state index in [2.05, 4.69) is 4.98 Å². The summed E-state index contributed by atoms with van der Waals surface area (Å²) in [5.41, 5.74) is 8.33. The molecule has 1 saturated carbocycles. The fourth-order valence-corrected chi connectivity index (χ4v) is 3.18. The fraction of sp³-hybridized carbons (Fsp3) is 0.353. The average Bonchev–Trinajstić information content (AvgIpc) is 3.29. The molecule has 1 aliphatic heterocycles. The van der Waals surface area contributed by atoms with E-state index in [1.54, 1.807) is 0 Å². The first-order valence-electron chi connectivity index (χ1n) is 7.75. The van der Waals surface area contributed by atoms with E-state index in [4.69, 9.17) is 10.2 Å². The summed E-state index contributed by atoms with van der Waals surface area (Å²) in [6, 6.07) is 7.13. The SMILES string of the molecule is NC(=O)[C@@H]1Cc2ccccc2CN1C(=O)c1ocnc1C1CC1. The number of carbonyl (C=O) groups is 2. The number of nitrogens with two attached hydrogens (primary N) is 1. The number of rotatable bonds is 3. The van der Waals surface area contributed by atoms with Gasteiger partial charge in [0, 0.05) is 18.9 Å². The normalized spacial score (nSPS) is 20.2. The van der Waals surface area contributed by atoms with Gasteiger partial charge in [-0.3, -0.25) is 9.59 Å². The molecule has 0 spiro atoms. The molecule has 1 aromatic carbocycles. The Bertz CT molecular complexity index is 779. The molecule has 2 aromatic rings. The largest absolute Gasteiger partial charge is 0.438 e. The Morgan fingerprint density at radius 3 is 2.65 bits per heavy atom. The second-order valence-electron chi connectivity index (χ2n) is 6.17. The van der Waals surface area contributed by atoms with Crippen LogP contribution in [0.25, 0.3) is 0 Å². The lowest BCUT2D eigenvalue weighted by atomic mass is 9.93. The lowest BCUT2D eigenvalue weighted by molar-refractivity contribution is -0.122. The Morgan fingerprint density at radius 2 is 1.96 bits per heavy atom. The molecular weight excluding hydrogens is 294 g/mol. The van der Waals surface area contributed by atoms with Crippen LogP contribution in [0, 0.1) is 0 Å². The summed E-state index contributed by atoms with van der Waals surface area (Å²) in [6.45, 7) is 0.355. The van der Waals surface area contributed by atoms with Gasteiger partial charge in [0.25, 0.3) is 5.91 Å². The van der Waals surface area contributed by atoms with Gasteiger partial charge in [-0.15, -0.1) is 0 Å². The molecule has 6 heteroatoms. The molecule has 4 rings (SSSR count). The van der Waals surface area contributed by atoms with Gasteiger partial charge in [0.1, 0.15) is 6.04 Å². The van der Waals surface area contributed by atoms with Gasteiger partial charge in [0.2, 0.25) is 11.7 Å². The maximum absolute atomic E-state index is 12.9. The van der Waals surface area contributed by atoms with Crippen molar-refractivity contribution in [2.24, 2.45) is 5.73 Å². The topological polar surface area (TPSA) is 89.4 Å². The van der Waals surface area contributed by atoms with Crippen molar-refractivity contribution in [3.63, 3.8) is 0 Å². The number of hydrogen-bond acceptors (Lipinski definition) is 4. The van der Waals surface area contributed by atoms with Gasteiger partial charge >= 0.3 is 0 Å². The second kappa shape index (κ2) is 5.22. The maximum Gasteiger partial charge on any atom is 0.292 e. The Labute approximate surface area is 133 Å². The summed E-state index contributed by atoms with van der Waals surface area (Å²) in [7, 11) is 0. The third kappa shape index (κ3) is 2.40. The zero-order valence-corrected chi connectivity index (χ0v) is 12.6. The minimum atomic E-state index is -0.658. The monoisotopic (exact) mass is 311 g/mol. The molecule has 0 unspecified atom stereocenters. The molecule has 2 aliphatic rings. The van der Waals surface area contributed by atoms with E-state index in [1.165, 1.54) is 11.3 Å². The lowest BCUT2D eigenvalue weighted by Crippen LogP contribution is -2.51. The molecule has 6 nitrogen and oxygen atoms in total. The van der Waals surface area contributed by atoms with Crippen LogP contribution in [0.15, 0.2) is 35.1 Å². The molecule has 0 saturated heterocycles. The Balaban J connectivity index is 1.69. The average molecular weight is 311 g/mol. The van der Waals surface area contributed by atoms with E-state index in [0.29, 0.717) is 24.6 Å². The van der Waals surface area contributed by atoms with Gasteiger partial charge in [-0.2, -0.15) is 0 Å². The van der Waals surface area contributed by atoms with Crippen LogP contribution in [0.3, 0.4) is 0 Å².